The van der Waals surface area contributed by atoms with Gasteiger partial charge in [-0.15, -0.1) is 0 Å². The van der Waals surface area contributed by atoms with Crippen LogP contribution in [-0.4, -0.2) is 181 Å². The van der Waals surface area contributed by atoms with Crippen LogP contribution in [0.2, 0.25) is 0 Å². The minimum absolute atomic E-state index is 0.000306. The van der Waals surface area contributed by atoms with Gasteiger partial charge in [0.1, 0.15) is 60.6 Å². The Morgan fingerprint density at radius 1 is 0.608 bits per heavy atom. The maximum Gasteiger partial charge on any atom is 0.265 e. The van der Waals surface area contributed by atoms with E-state index >= 15 is 0 Å². The molecule has 1 aliphatic rings. The number of unbranched alkanes of at least 4 members (excludes halogenated alkanes) is 4. The predicted octanol–water partition coefficient (Wildman–Crippen LogP) is -5.42. The van der Waals surface area contributed by atoms with Crippen molar-refractivity contribution in [2.45, 2.75) is 199 Å². The van der Waals surface area contributed by atoms with Crippen molar-refractivity contribution >= 4 is 71.2 Å². The molecule has 0 bridgehead atoms. The Bertz CT molecular complexity index is 2030. The zero-order chi connectivity index (χ0) is 59.8. The Balaban J connectivity index is 3.66. The van der Waals surface area contributed by atoms with Gasteiger partial charge in [-0.25, -0.2) is 5.43 Å². The van der Waals surface area contributed by atoms with E-state index in [9.17, 15) is 63.0 Å². The molecule has 0 spiro atoms. The molecule has 1 fully saturated rings. The molecule has 1 heterocycles. The second kappa shape index (κ2) is 38.2. The molecule has 0 aromatic carbocycles. The summed E-state index contributed by atoms with van der Waals surface area (Å²) in [6.07, 6.45) is 1.35. The number of hydrogen-bond acceptors (Lipinski definition) is 18. The number of aliphatic hydroxyl groups excluding tert-OH is 2. The fourth-order valence-corrected chi connectivity index (χ4v) is 8.13. The minimum atomic E-state index is -1.66. The van der Waals surface area contributed by atoms with Gasteiger partial charge in [-0.2, -0.15) is 5.10 Å². The SMILES string of the molecule is CCCCCCCC(=O)N[C@@H](CCN)C(=O)N[C@H](C(=O)N/N=C\C(=O)N[C@H]1CCNC(=O)[C@H]([C@@H](C)O)NC(=O)[C@H](CCN)NC(=O)[C@H](CCN)NC(=O)[C@H](CC(C)C)NC(=O)[C@@H](CC(C)C)NC(=O)[C@H](CCN)NC1=O)[C@@H](C)O. The summed E-state index contributed by atoms with van der Waals surface area (Å²) in [4.78, 5) is 150. The Hall–Kier alpha value is -6.40. The minimum Gasteiger partial charge on any atom is -0.391 e. The number of hydrogen-bond donors (Lipinski definition) is 17. The van der Waals surface area contributed by atoms with Crippen LogP contribution in [0.25, 0.3) is 0 Å². The van der Waals surface area contributed by atoms with Crippen molar-refractivity contribution in [1.29, 1.82) is 0 Å². The van der Waals surface area contributed by atoms with E-state index < -0.39 is 145 Å². The molecule has 11 atom stereocenters. The first kappa shape index (κ1) is 70.6. The van der Waals surface area contributed by atoms with Crippen LogP contribution in [0, 0.1) is 11.8 Å². The van der Waals surface area contributed by atoms with Crippen molar-refractivity contribution in [3.63, 3.8) is 0 Å². The van der Waals surface area contributed by atoms with E-state index in [0.29, 0.717) is 12.6 Å². The van der Waals surface area contributed by atoms with E-state index in [1.807, 2.05) is 5.43 Å². The molecule has 1 saturated heterocycles. The molecular weight excluding hydrogens is 1030 g/mol. The van der Waals surface area contributed by atoms with Crippen LogP contribution in [0.4, 0.5) is 0 Å². The maximum atomic E-state index is 14.1. The quantitative estimate of drug-likeness (QED) is 0.0207. The fourth-order valence-electron chi connectivity index (χ4n) is 8.13. The predicted molar refractivity (Wildman–Crippen MR) is 292 cm³/mol. The number of carbonyl (C=O) groups excluding carboxylic acids is 11. The molecule has 0 aliphatic carbocycles. The van der Waals surface area contributed by atoms with Gasteiger partial charge >= 0.3 is 0 Å². The first-order valence-corrected chi connectivity index (χ1v) is 27.3. The van der Waals surface area contributed by atoms with E-state index in [4.69, 9.17) is 22.9 Å². The molecule has 29 heteroatoms. The smallest absolute Gasteiger partial charge is 0.265 e. The van der Waals surface area contributed by atoms with Crippen molar-refractivity contribution in [3.05, 3.63) is 0 Å². The Labute approximate surface area is 462 Å². The molecule has 1 aliphatic heterocycles. The summed E-state index contributed by atoms with van der Waals surface area (Å²) in [5.74, 6) is -10.0. The zero-order valence-corrected chi connectivity index (χ0v) is 47.0. The summed E-state index contributed by atoms with van der Waals surface area (Å²) < 4.78 is 0. The Kier molecular flexibility index (Phi) is 34.2. The number of aliphatic hydroxyl groups is 2. The molecule has 21 N–H and O–H groups in total. The van der Waals surface area contributed by atoms with Gasteiger partial charge in [-0.05, 0) is 103 Å². The molecule has 79 heavy (non-hydrogen) atoms. The summed E-state index contributed by atoms with van der Waals surface area (Å²) >= 11 is 0. The van der Waals surface area contributed by atoms with Gasteiger partial charge in [0.25, 0.3) is 11.8 Å². The number of hydrazone groups is 1. The van der Waals surface area contributed by atoms with E-state index in [2.05, 4.69) is 65.2 Å². The number of nitrogens with zero attached hydrogens (tertiary/aromatic N) is 1. The lowest BCUT2D eigenvalue weighted by atomic mass is 9.99. The first-order valence-electron chi connectivity index (χ1n) is 27.3. The molecular formula is C50H92N16O13. The third kappa shape index (κ3) is 27.4. The van der Waals surface area contributed by atoms with E-state index in [-0.39, 0.29) is 83.0 Å². The number of rotatable bonds is 27. The highest BCUT2D eigenvalue weighted by Gasteiger charge is 2.36. The molecule has 1 rings (SSSR count). The summed E-state index contributed by atoms with van der Waals surface area (Å²) in [6, 6.07) is -12.8. The highest BCUT2D eigenvalue weighted by molar-refractivity contribution is 6.27. The number of amides is 11. The Morgan fingerprint density at radius 3 is 1.53 bits per heavy atom. The van der Waals surface area contributed by atoms with Gasteiger partial charge in [0.2, 0.25) is 53.2 Å². The van der Waals surface area contributed by atoms with Gasteiger partial charge in [0.15, 0.2) is 0 Å². The van der Waals surface area contributed by atoms with Gasteiger partial charge in [0, 0.05) is 13.0 Å². The van der Waals surface area contributed by atoms with Crippen molar-refractivity contribution in [2.24, 2.45) is 39.9 Å². The molecule has 0 unspecified atom stereocenters. The molecule has 0 saturated carbocycles. The van der Waals surface area contributed by atoms with Crippen LogP contribution in [0.15, 0.2) is 5.10 Å². The van der Waals surface area contributed by atoms with Crippen LogP contribution < -0.4 is 81.5 Å². The van der Waals surface area contributed by atoms with Crippen molar-refractivity contribution in [2.75, 3.05) is 32.7 Å². The third-order valence-electron chi connectivity index (χ3n) is 12.4. The second-order valence-corrected chi connectivity index (χ2v) is 20.5. The largest absolute Gasteiger partial charge is 0.391 e. The third-order valence-corrected chi connectivity index (χ3v) is 12.4. The molecule has 0 aromatic heterocycles. The molecule has 0 aromatic rings. The maximum absolute atomic E-state index is 14.1. The number of carbonyl (C=O) groups is 11. The van der Waals surface area contributed by atoms with Crippen molar-refractivity contribution in [1.82, 2.24) is 58.6 Å². The molecule has 29 nitrogen and oxygen atoms in total. The summed E-state index contributed by atoms with van der Waals surface area (Å²) in [5.41, 5.74) is 25.2. The lowest BCUT2D eigenvalue weighted by molar-refractivity contribution is -0.136. The standard InChI is InChI=1S/C50H92N16O13/c1-8-9-10-11-12-13-38(69)57-31(14-19-51)45(74)65-41(30(7)68)50(79)66-56-26-39(70)58-35-18-23-55-49(78)40(29(6)67)64-46(75)34(17-22-54)60-42(71)32(15-20-52)61-47(76)36(24-27(2)3)63-48(77)37(25-28(4)5)62-43(72)33(16-21-53)59-44(35)73/h26-37,40-41,67-68H,8-25,51-54H2,1-7H3,(H,55,78)(H,57,69)(H,58,70)(H,59,73)(H,60,71)(H,61,76)(H,62,72)(H,63,77)(H,64,75)(H,65,74)(H,66,79)/b56-26-/t29-,30-,31+,32+,33+,34+,35+,36+,37-,40+,41+/m1/s1. The summed E-state index contributed by atoms with van der Waals surface area (Å²) in [5, 5.41) is 49.9. The van der Waals surface area contributed by atoms with Crippen LogP contribution in [0.3, 0.4) is 0 Å². The molecule has 11 amide bonds. The number of nitrogens with two attached hydrogens (primary N) is 4. The lowest BCUT2D eigenvalue weighted by Crippen LogP contribution is -2.61. The van der Waals surface area contributed by atoms with E-state index in [1.54, 1.807) is 27.7 Å². The monoisotopic (exact) mass is 1120 g/mol. The second-order valence-electron chi connectivity index (χ2n) is 20.5. The molecule has 0 radical (unpaired) electrons. The average Bonchev–Trinajstić information content (AvgIpc) is 3.36. The average molecular weight is 1130 g/mol. The van der Waals surface area contributed by atoms with E-state index in [1.165, 1.54) is 13.8 Å². The van der Waals surface area contributed by atoms with Crippen LogP contribution in [-0.2, 0) is 52.7 Å². The van der Waals surface area contributed by atoms with E-state index in [0.717, 1.165) is 25.7 Å². The van der Waals surface area contributed by atoms with Crippen molar-refractivity contribution in [3.8, 4) is 0 Å². The summed E-state index contributed by atoms with van der Waals surface area (Å²) in [7, 11) is 0. The van der Waals surface area contributed by atoms with Gasteiger partial charge in [-0.1, -0.05) is 60.3 Å². The van der Waals surface area contributed by atoms with Gasteiger partial charge < -0.3 is 86.3 Å². The van der Waals surface area contributed by atoms with Gasteiger partial charge in [0.05, 0.1) is 12.2 Å². The zero-order valence-electron chi connectivity index (χ0n) is 47.0. The lowest BCUT2D eigenvalue weighted by Gasteiger charge is -2.28. The summed E-state index contributed by atoms with van der Waals surface area (Å²) in [6.45, 7) is 10.8. The van der Waals surface area contributed by atoms with Crippen LogP contribution in [0.1, 0.15) is 132 Å². The fraction of sp³-hybridized carbons (Fsp3) is 0.760. The number of nitrogens with one attached hydrogen (secondary N) is 11. The topological polar surface area (TPSA) is 477 Å². The normalized spacial score (nSPS) is 23.1. The van der Waals surface area contributed by atoms with Crippen LogP contribution >= 0.6 is 0 Å². The highest BCUT2D eigenvalue weighted by Crippen LogP contribution is 2.12. The first-order chi connectivity index (χ1) is 37.3. The van der Waals surface area contributed by atoms with Crippen LogP contribution in [0.5, 0.6) is 0 Å². The molecule has 450 valence electrons. The highest BCUT2D eigenvalue weighted by atomic mass is 16.3. The van der Waals surface area contributed by atoms with Crippen molar-refractivity contribution < 1.29 is 63.0 Å². The van der Waals surface area contributed by atoms with Gasteiger partial charge in [-0.3, -0.25) is 52.7 Å². The Morgan fingerprint density at radius 2 is 1.08 bits per heavy atom.